The molecule has 5 fully saturated rings. The number of aryl methyl sites for hydroxylation is 1. The Morgan fingerprint density at radius 2 is 1.78 bits per heavy atom. The van der Waals surface area contributed by atoms with Crippen molar-refractivity contribution in [3.63, 3.8) is 0 Å². The van der Waals surface area contributed by atoms with E-state index in [1.165, 1.54) is 73.4 Å². The Kier molecular flexibility index (Phi) is 13.1. The van der Waals surface area contributed by atoms with Crippen LogP contribution in [0, 0.1) is 23.0 Å². The highest BCUT2D eigenvalue weighted by Crippen LogP contribution is 2.42. The molecule has 342 valence electrons. The number of halogens is 2. The van der Waals surface area contributed by atoms with Gasteiger partial charge in [0.1, 0.15) is 23.2 Å². The van der Waals surface area contributed by atoms with Crippen molar-refractivity contribution in [1.29, 1.82) is 5.26 Å². The highest BCUT2D eigenvalue weighted by atomic mass is 32.2. The molecular formula is C46H52F2N10O6S. The van der Waals surface area contributed by atoms with Crippen LogP contribution in [0.5, 0.6) is 11.5 Å². The van der Waals surface area contributed by atoms with Gasteiger partial charge in [-0.3, -0.25) is 29.1 Å². The summed E-state index contributed by atoms with van der Waals surface area (Å²) in [6.45, 7) is 4.39. The van der Waals surface area contributed by atoms with Gasteiger partial charge in [0.2, 0.25) is 5.91 Å². The minimum Gasteiger partial charge on any atom is -0.453 e. The second kappa shape index (κ2) is 19.1. The molecule has 3 aromatic carbocycles. The molecule has 5 aromatic rings. The van der Waals surface area contributed by atoms with Gasteiger partial charge in [0, 0.05) is 76.9 Å². The molecule has 4 aliphatic heterocycles. The predicted molar refractivity (Wildman–Crippen MR) is 242 cm³/mol. The number of hydrogen-bond donors (Lipinski definition) is 2. The lowest BCUT2D eigenvalue weighted by Gasteiger charge is -2.43. The van der Waals surface area contributed by atoms with Crippen molar-refractivity contribution in [1.82, 2.24) is 33.9 Å². The Morgan fingerprint density at radius 3 is 2.54 bits per heavy atom. The zero-order chi connectivity index (χ0) is 45.2. The summed E-state index contributed by atoms with van der Waals surface area (Å²) in [7, 11) is 3.42. The van der Waals surface area contributed by atoms with Crippen LogP contribution in [0.2, 0.25) is 0 Å². The topological polar surface area (TPSA) is 172 Å². The van der Waals surface area contributed by atoms with Gasteiger partial charge in [-0.05, 0) is 87.1 Å². The van der Waals surface area contributed by atoms with E-state index in [1.54, 1.807) is 54.0 Å². The van der Waals surface area contributed by atoms with Crippen molar-refractivity contribution in [2.45, 2.75) is 88.0 Å². The highest BCUT2D eigenvalue weighted by molar-refractivity contribution is 7.98. The van der Waals surface area contributed by atoms with Gasteiger partial charge < -0.3 is 23.8 Å². The zero-order valence-electron chi connectivity index (χ0n) is 36.4. The van der Waals surface area contributed by atoms with Gasteiger partial charge in [0.05, 0.1) is 52.8 Å². The van der Waals surface area contributed by atoms with E-state index in [0.717, 1.165) is 57.4 Å². The van der Waals surface area contributed by atoms with Crippen LogP contribution in [0.1, 0.15) is 75.8 Å². The van der Waals surface area contributed by atoms with Gasteiger partial charge in [-0.2, -0.15) is 10.4 Å². The molecule has 2 unspecified atom stereocenters. The number of likely N-dealkylation sites (tertiary alicyclic amines) is 1. The number of nitrogens with zero attached hydrogens (tertiary/aromatic N) is 8. The van der Waals surface area contributed by atoms with E-state index in [1.807, 2.05) is 0 Å². The molecule has 2 atom stereocenters. The summed E-state index contributed by atoms with van der Waals surface area (Å²) in [5.74, 6) is -0.955. The lowest BCUT2D eigenvalue weighted by Crippen LogP contribution is -2.49. The molecule has 1 aliphatic carbocycles. The van der Waals surface area contributed by atoms with E-state index < -0.39 is 17.7 Å². The Labute approximate surface area is 379 Å². The van der Waals surface area contributed by atoms with Crippen LogP contribution >= 0.6 is 12.1 Å². The molecule has 10 rings (SSSR count). The summed E-state index contributed by atoms with van der Waals surface area (Å²) in [5, 5.41) is 17.4. The molecule has 3 amide bonds. The minimum absolute atomic E-state index is 0.0432. The minimum atomic E-state index is -0.667. The third-order valence-corrected chi connectivity index (χ3v) is 14.3. The Bertz CT molecular complexity index is 2690. The first kappa shape index (κ1) is 44.5. The number of aromatic nitrogens is 4. The molecule has 2 N–H and O–H groups in total. The number of amides is 3. The van der Waals surface area contributed by atoms with Crippen molar-refractivity contribution in [2.75, 3.05) is 56.1 Å². The molecule has 19 heteroatoms. The third kappa shape index (κ3) is 9.41. The van der Waals surface area contributed by atoms with Gasteiger partial charge in [0.15, 0.2) is 17.4 Å². The Morgan fingerprint density at radius 1 is 0.969 bits per heavy atom. The summed E-state index contributed by atoms with van der Waals surface area (Å²) < 4.78 is 54.8. The molecule has 1 spiro atoms. The van der Waals surface area contributed by atoms with E-state index >= 15 is 4.39 Å². The molecule has 4 saturated heterocycles. The number of carbonyl (C=O) groups excluding carboxylic acids is 2. The molecule has 0 radical (unpaired) electrons. The summed E-state index contributed by atoms with van der Waals surface area (Å²) in [6, 6.07) is 14.1. The molecule has 16 nitrogen and oxygen atoms in total. The number of methoxy groups -OCH3 is 1. The number of nitrogens with one attached hydrogen (secondary N) is 2. The number of rotatable bonds is 9. The largest absolute Gasteiger partial charge is 0.453 e. The number of urea groups is 1. The van der Waals surface area contributed by atoms with E-state index in [-0.39, 0.29) is 59.2 Å². The molecule has 0 bridgehead atoms. The Hall–Kier alpha value is -5.65. The number of anilines is 2. The average Bonchev–Trinajstić information content (AvgIpc) is 4.04. The third-order valence-electron chi connectivity index (χ3n) is 13.4. The lowest BCUT2D eigenvalue weighted by molar-refractivity contribution is -0.120. The lowest BCUT2D eigenvalue weighted by atomic mass is 9.85. The summed E-state index contributed by atoms with van der Waals surface area (Å²) in [6.07, 6.45) is 12.3. The standard InChI is InChI=1S/C34H41FN6O4S.C12H11FN4O2/c1-43-26-11-14-40(20-26)46-38-31-10-8-29(35)32(28(31)19-36)45-25-7-9-30-27(17-25)33(42)41(22-37-30)24-18-34(44-21-24)12-15-39(16-13-34)23-5-3-2-4-6-23;1-16-9-3-2-7(13)6-8(9)11(15-16)17-5-4-10(18)14-12(17)19/h7-10,17,22-24,26,38H,2-6,11-16,18,20-21H2,1H3;2-3,6H,4-5H2,1H3,(H,14,18,19). The van der Waals surface area contributed by atoms with Gasteiger partial charge in [-0.25, -0.2) is 22.9 Å². The highest BCUT2D eigenvalue weighted by Gasteiger charge is 2.44. The van der Waals surface area contributed by atoms with Crippen LogP contribution in [0.15, 0.2) is 59.7 Å². The number of benzene rings is 3. The fraction of sp³-hybridized carbons (Fsp3) is 0.478. The first-order valence-electron chi connectivity index (χ1n) is 22.2. The van der Waals surface area contributed by atoms with Crippen LogP contribution in [-0.4, -0.2) is 105 Å². The van der Waals surface area contributed by atoms with Crippen molar-refractivity contribution in [3.05, 3.63) is 82.4 Å². The second-order valence-corrected chi connectivity index (χ2v) is 18.3. The number of piperidine rings is 1. The van der Waals surface area contributed by atoms with Gasteiger partial charge in [0.25, 0.3) is 5.56 Å². The quantitative estimate of drug-likeness (QED) is 0.143. The number of nitriles is 1. The number of fused-ring (bicyclic) bond motifs is 2. The van der Waals surface area contributed by atoms with Crippen LogP contribution in [-0.2, 0) is 21.3 Å². The maximum absolute atomic E-state index is 15.1. The molecule has 1 saturated carbocycles. The van der Waals surface area contributed by atoms with E-state index in [9.17, 15) is 24.0 Å². The summed E-state index contributed by atoms with van der Waals surface area (Å²) in [5.41, 5.74) is 1.35. The second-order valence-electron chi connectivity index (χ2n) is 17.4. The maximum Gasteiger partial charge on any atom is 0.329 e. The van der Waals surface area contributed by atoms with Crippen LogP contribution < -0.4 is 25.2 Å². The predicted octanol–water partition coefficient (Wildman–Crippen LogP) is 7.18. The van der Waals surface area contributed by atoms with E-state index in [0.29, 0.717) is 40.4 Å². The number of imide groups is 1. The van der Waals surface area contributed by atoms with Crippen molar-refractivity contribution >= 4 is 57.4 Å². The molecule has 6 heterocycles. The first-order valence-corrected chi connectivity index (χ1v) is 23.0. The van der Waals surface area contributed by atoms with Gasteiger partial charge >= 0.3 is 6.03 Å². The molecule has 2 aromatic heterocycles. The van der Waals surface area contributed by atoms with Crippen molar-refractivity contribution in [3.8, 4) is 17.6 Å². The number of ether oxygens (including phenoxy) is 3. The average molecular weight is 911 g/mol. The smallest absolute Gasteiger partial charge is 0.329 e. The SMILES string of the molecule is COC1CCN(SNc2ccc(F)c(Oc3ccc4ncn(C5COC6(CCN(C7CCCCC7)CC6)C5)c(=O)c4c3)c2C#N)C1.Cn1nc(N2CCC(=O)NC2=O)c2cc(F)ccc21. The van der Waals surface area contributed by atoms with Crippen molar-refractivity contribution in [2.24, 2.45) is 7.05 Å². The molecule has 65 heavy (non-hydrogen) atoms. The van der Waals surface area contributed by atoms with Crippen LogP contribution in [0.3, 0.4) is 0 Å². The zero-order valence-corrected chi connectivity index (χ0v) is 37.2. The normalized spacial score (nSPS) is 21.7. The van der Waals surface area contributed by atoms with Crippen molar-refractivity contribution < 1.29 is 32.6 Å². The van der Waals surface area contributed by atoms with Gasteiger partial charge in [-0.15, -0.1) is 0 Å². The molecular weight excluding hydrogens is 859 g/mol. The number of hydrogen-bond acceptors (Lipinski definition) is 13. The maximum atomic E-state index is 15.1. The summed E-state index contributed by atoms with van der Waals surface area (Å²) >= 11 is 1.35. The fourth-order valence-corrected chi connectivity index (χ4v) is 10.6. The Balaban J connectivity index is 0.000000233. The fourth-order valence-electron chi connectivity index (χ4n) is 9.77. The summed E-state index contributed by atoms with van der Waals surface area (Å²) in [4.78, 5) is 45.3. The first-order chi connectivity index (χ1) is 31.5. The van der Waals surface area contributed by atoms with Crippen LogP contribution in [0.4, 0.5) is 25.1 Å². The number of carbonyl (C=O) groups is 2. The monoisotopic (exact) mass is 910 g/mol. The molecule has 5 aliphatic rings. The van der Waals surface area contributed by atoms with Gasteiger partial charge in [-0.1, -0.05) is 19.3 Å². The van der Waals surface area contributed by atoms with E-state index in [2.05, 4.69) is 35.4 Å². The van der Waals surface area contributed by atoms with Crippen LogP contribution in [0.25, 0.3) is 21.8 Å². The van der Waals surface area contributed by atoms with E-state index in [4.69, 9.17) is 14.2 Å².